The number of nitrogens with zero attached hydrogens (tertiary/aromatic N) is 3. The first kappa shape index (κ1) is 20.0. The smallest absolute Gasteiger partial charge is 0.276 e. The van der Waals surface area contributed by atoms with Crippen LogP contribution in [-0.4, -0.2) is 39.5 Å². The van der Waals surface area contributed by atoms with Crippen molar-refractivity contribution in [2.24, 2.45) is 0 Å². The lowest BCUT2D eigenvalue weighted by Crippen LogP contribution is -2.45. The summed E-state index contributed by atoms with van der Waals surface area (Å²) in [6, 6.07) is 16.2. The van der Waals surface area contributed by atoms with Crippen molar-refractivity contribution < 1.29 is 14.3 Å². The molecule has 0 bridgehead atoms. The number of hydrogen-bond acceptors (Lipinski definition) is 6. The van der Waals surface area contributed by atoms with Gasteiger partial charge in [-0.15, -0.1) is 5.10 Å². The van der Waals surface area contributed by atoms with E-state index in [0.717, 1.165) is 35.5 Å². The van der Waals surface area contributed by atoms with Crippen LogP contribution >= 0.6 is 11.5 Å². The van der Waals surface area contributed by atoms with E-state index in [1.54, 1.807) is 29.5 Å². The lowest BCUT2D eigenvalue weighted by Gasteiger charge is -2.31. The number of methoxy groups -OCH3 is 1. The van der Waals surface area contributed by atoms with E-state index in [1.165, 1.54) is 0 Å². The van der Waals surface area contributed by atoms with E-state index in [9.17, 15) is 9.59 Å². The van der Waals surface area contributed by atoms with Crippen LogP contribution in [0.5, 0.6) is 5.75 Å². The molecule has 1 aliphatic carbocycles. The Morgan fingerprint density at radius 2 is 1.90 bits per heavy atom. The van der Waals surface area contributed by atoms with Crippen molar-refractivity contribution in [3.05, 3.63) is 76.8 Å². The van der Waals surface area contributed by atoms with Crippen molar-refractivity contribution in [1.82, 2.24) is 19.8 Å². The lowest BCUT2D eigenvalue weighted by atomic mass is 10.0. The Morgan fingerprint density at radius 3 is 2.50 bits per heavy atom. The molecule has 1 heterocycles. The first-order valence-corrected chi connectivity index (χ1v) is 10.6. The maximum atomic E-state index is 13.3. The Bertz CT molecular complexity index is 989. The van der Waals surface area contributed by atoms with Crippen molar-refractivity contribution in [2.45, 2.75) is 31.5 Å². The first-order valence-electron chi connectivity index (χ1n) is 9.72. The minimum Gasteiger partial charge on any atom is -0.497 e. The molecule has 1 atom stereocenters. The molecule has 1 N–H and O–H groups in total. The second-order valence-electron chi connectivity index (χ2n) is 7.11. The molecule has 0 unspecified atom stereocenters. The Balaban J connectivity index is 1.64. The average Bonchev–Trinajstić information content (AvgIpc) is 3.47. The highest BCUT2D eigenvalue weighted by atomic mass is 32.1. The summed E-state index contributed by atoms with van der Waals surface area (Å²) in [4.78, 5) is 28.2. The van der Waals surface area contributed by atoms with Crippen LogP contribution in [0.15, 0.2) is 60.0 Å². The van der Waals surface area contributed by atoms with Gasteiger partial charge in [0.25, 0.3) is 5.91 Å². The van der Waals surface area contributed by atoms with E-state index in [2.05, 4.69) is 14.9 Å². The van der Waals surface area contributed by atoms with Gasteiger partial charge in [0, 0.05) is 18.0 Å². The van der Waals surface area contributed by atoms with Gasteiger partial charge < -0.3 is 15.0 Å². The van der Waals surface area contributed by atoms with Crippen LogP contribution < -0.4 is 10.1 Å². The maximum Gasteiger partial charge on any atom is 0.276 e. The molecule has 1 aliphatic rings. The summed E-state index contributed by atoms with van der Waals surface area (Å²) in [5.74, 6) is 0.185. The van der Waals surface area contributed by atoms with Gasteiger partial charge in [-0.25, -0.2) is 0 Å². The van der Waals surface area contributed by atoms with Crippen LogP contribution in [0.25, 0.3) is 0 Å². The Labute approximate surface area is 178 Å². The third-order valence-electron chi connectivity index (χ3n) is 5.02. The van der Waals surface area contributed by atoms with E-state index in [1.807, 2.05) is 42.5 Å². The lowest BCUT2D eigenvalue weighted by molar-refractivity contribution is -0.126. The van der Waals surface area contributed by atoms with Crippen molar-refractivity contribution in [2.75, 3.05) is 7.11 Å². The van der Waals surface area contributed by atoms with Crippen molar-refractivity contribution in [3.8, 4) is 5.75 Å². The summed E-state index contributed by atoms with van der Waals surface area (Å²) in [6.45, 7) is 0.386. The van der Waals surface area contributed by atoms with Crippen molar-refractivity contribution >= 4 is 23.3 Å². The third-order valence-corrected chi connectivity index (χ3v) is 5.53. The van der Waals surface area contributed by atoms with Crippen LogP contribution in [0, 0.1) is 0 Å². The molecule has 1 aromatic heterocycles. The zero-order valence-electron chi connectivity index (χ0n) is 16.5. The summed E-state index contributed by atoms with van der Waals surface area (Å²) in [7, 11) is 1.59. The summed E-state index contributed by atoms with van der Waals surface area (Å²) in [5, 5.41) is 8.54. The molecular weight excluding hydrogens is 400 g/mol. The van der Waals surface area contributed by atoms with Gasteiger partial charge in [0.1, 0.15) is 11.8 Å². The van der Waals surface area contributed by atoms with Gasteiger partial charge in [-0.3, -0.25) is 9.59 Å². The van der Waals surface area contributed by atoms with Gasteiger partial charge in [0.2, 0.25) is 5.91 Å². The monoisotopic (exact) mass is 422 g/mol. The van der Waals surface area contributed by atoms with Gasteiger partial charge in [0.15, 0.2) is 5.69 Å². The van der Waals surface area contributed by atoms with Gasteiger partial charge in [-0.05, 0) is 47.6 Å². The summed E-state index contributed by atoms with van der Waals surface area (Å²) in [5.41, 5.74) is 1.98. The van der Waals surface area contributed by atoms with E-state index >= 15 is 0 Å². The molecule has 0 spiro atoms. The molecule has 3 aromatic rings. The molecule has 1 fully saturated rings. The topological polar surface area (TPSA) is 84.4 Å². The highest BCUT2D eigenvalue weighted by molar-refractivity contribution is 7.03. The van der Waals surface area contributed by atoms with E-state index < -0.39 is 6.04 Å². The molecular formula is C22H22N4O3S. The number of aromatic nitrogens is 2. The van der Waals surface area contributed by atoms with Crippen LogP contribution in [0.3, 0.4) is 0 Å². The number of hydrogen-bond donors (Lipinski definition) is 1. The fourth-order valence-corrected chi connectivity index (χ4v) is 3.77. The number of benzene rings is 2. The first-order chi connectivity index (χ1) is 14.7. The Hall–Kier alpha value is -3.26. The van der Waals surface area contributed by atoms with Gasteiger partial charge in [0.05, 0.1) is 7.11 Å². The fourth-order valence-electron chi connectivity index (χ4n) is 3.34. The van der Waals surface area contributed by atoms with Crippen LogP contribution in [0.4, 0.5) is 0 Å². The van der Waals surface area contributed by atoms with Crippen LogP contribution in [0.1, 0.15) is 40.5 Å². The van der Waals surface area contributed by atoms with E-state index in [0.29, 0.717) is 12.3 Å². The van der Waals surface area contributed by atoms with Crippen LogP contribution in [-0.2, 0) is 11.3 Å². The predicted molar refractivity (Wildman–Crippen MR) is 113 cm³/mol. The number of nitrogens with one attached hydrogen (secondary N) is 1. The molecule has 8 heteroatoms. The van der Waals surface area contributed by atoms with Crippen LogP contribution in [0.2, 0.25) is 0 Å². The van der Waals surface area contributed by atoms with Gasteiger partial charge in [-0.2, -0.15) is 0 Å². The summed E-state index contributed by atoms with van der Waals surface area (Å²) in [6.07, 6.45) is 1.73. The number of carbonyl (C=O) groups is 2. The second-order valence-corrected chi connectivity index (χ2v) is 7.72. The molecule has 0 aliphatic heterocycles. The van der Waals surface area contributed by atoms with Crippen molar-refractivity contribution in [1.29, 1.82) is 0 Å². The molecule has 2 aromatic carbocycles. The standard InChI is InChI=1S/C22H22N4O3S/c1-29-18-11-7-16(8-12-18)20(21(27)23-13-15-5-3-2-4-6-15)26(17-9-10-17)22(28)19-14-30-25-24-19/h2-8,11-12,14,17,20H,9-10,13H2,1H3,(H,23,27)/t20-/m1/s1. The Morgan fingerprint density at radius 1 is 1.17 bits per heavy atom. The average molecular weight is 423 g/mol. The highest BCUT2D eigenvalue weighted by Gasteiger charge is 2.42. The molecule has 0 radical (unpaired) electrons. The van der Waals surface area contributed by atoms with Crippen molar-refractivity contribution in [3.63, 3.8) is 0 Å². The number of rotatable bonds is 8. The molecule has 2 amide bonds. The predicted octanol–water partition coefficient (Wildman–Crippen LogP) is 3.21. The zero-order chi connectivity index (χ0) is 20.9. The molecule has 4 rings (SSSR count). The zero-order valence-corrected chi connectivity index (χ0v) is 17.3. The van der Waals surface area contributed by atoms with Gasteiger partial charge in [-0.1, -0.05) is 47.0 Å². The third kappa shape index (κ3) is 4.49. The van der Waals surface area contributed by atoms with E-state index in [-0.39, 0.29) is 23.6 Å². The molecule has 154 valence electrons. The van der Waals surface area contributed by atoms with E-state index in [4.69, 9.17) is 4.74 Å². The van der Waals surface area contributed by atoms with Gasteiger partial charge >= 0.3 is 0 Å². The minimum absolute atomic E-state index is 0.00813. The number of carbonyl (C=O) groups excluding carboxylic acids is 2. The summed E-state index contributed by atoms with van der Waals surface area (Å²) >= 11 is 1.12. The molecule has 30 heavy (non-hydrogen) atoms. The minimum atomic E-state index is -0.763. The number of ether oxygens (including phenoxy) is 1. The molecule has 1 saturated carbocycles. The fraction of sp³-hybridized carbons (Fsp3) is 0.273. The maximum absolute atomic E-state index is 13.3. The normalized spacial score (nSPS) is 14.0. The highest BCUT2D eigenvalue weighted by Crippen LogP contribution is 2.36. The summed E-state index contributed by atoms with van der Waals surface area (Å²) < 4.78 is 9.05. The Kier molecular flexibility index (Phi) is 6.04. The SMILES string of the molecule is COc1ccc([C@H](C(=O)NCc2ccccc2)N(C(=O)c2csnn2)C2CC2)cc1. The second kappa shape index (κ2) is 9.04. The largest absolute Gasteiger partial charge is 0.497 e. The number of amides is 2. The molecule has 0 saturated heterocycles. The molecule has 7 nitrogen and oxygen atoms in total. The quantitative estimate of drug-likeness (QED) is 0.603.